The third-order valence-electron chi connectivity index (χ3n) is 2.97. The number of hydrogen-bond donors (Lipinski definition) is 2. The van der Waals surface area contributed by atoms with Gasteiger partial charge in [0.15, 0.2) is 5.78 Å². The van der Waals surface area contributed by atoms with Gasteiger partial charge in [-0.25, -0.2) is 4.79 Å². The first kappa shape index (κ1) is 13.8. The molecule has 0 spiro atoms. The summed E-state index contributed by atoms with van der Waals surface area (Å²) >= 11 is 0. The van der Waals surface area contributed by atoms with Gasteiger partial charge in [0.25, 0.3) is 0 Å². The smallest absolute Gasteiger partial charge is 0.339 e. The molecule has 0 aliphatic rings. The number of carbonyl (C=O) groups is 2. The maximum absolute atomic E-state index is 12.4. The van der Waals surface area contributed by atoms with Crippen molar-refractivity contribution < 1.29 is 19.8 Å². The molecule has 0 unspecified atom stereocenters. The van der Waals surface area contributed by atoms with Crippen LogP contribution in [0.1, 0.15) is 37.4 Å². The fraction of sp³-hybridized carbons (Fsp3) is 0.125. The Kier molecular flexibility index (Phi) is 3.57. The number of carboxylic acid groups (broad SMARTS) is 1. The van der Waals surface area contributed by atoms with E-state index in [0.29, 0.717) is 5.56 Å². The van der Waals surface area contributed by atoms with Gasteiger partial charge in [0.2, 0.25) is 0 Å². The number of rotatable bonds is 3. The van der Waals surface area contributed by atoms with Gasteiger partial charge >= 0.3 is 5.97 Å². The van der Waals surface area contributed by atoms with Crippen LogP contribution in [0, 0.1) is 13.8 Å². The van der Waals surface area contributed by atoms with Crippen molar-refractivity contribution >= 4 is 11.8 Å². The maximum atomic E-state index is 12.4. The third kappa shape index (κ3) is 2.69. The van der Waals surface area contributed by atoms with Gasteiger partial charge in [0, 0.05) is 11.1 Å². The minimum absolute atomic E-state index is 0.241. The molecular formula is C16H14O4. The van der Waals surface area contributed by atoms with Crippen LogP contribution in [0.5, 0.6) is 5.75 Å². The molecule has 2 aromatic rings. The van der Waals surface area contributed by atoms with Crippen LogP contribution >= 0.6 is 0 Å². The van der Waals surface area contributed by atoms with Crippen LogP contribution in [0.15, 0.2) is 36.4 Å². The van der Waals surface area contributed by atoms with Gasteiger partial charge in [-0.15, -0.1) is 0 Å². The van der Waals surface area contributed by atoms with Crippen molar-refractivity contribution in [3.8, 4) is 5.75 Å². The van der Waals surface area contributed by atoms with Gasteiger partial charge in [0.05, 0.1) is 0 Å². The molecule has 2 aromatic carbocycles. The zero-order chi connectivity index (χ0) is 14.9. The number of phenols is 1. The van der Waals surface area contributed by atoms with E-state index in [0.717, 1.165) is 11.1 Å². The number of ketones is 1. The first-order valence-electron chi connectivity index (χ1n) is 6.08. The lowest BCUT2D eigenvalue weighted by atomic mass is 9.98. The van der Waals surface area contributed by atoms with Gasteiger partial charge < -0.3 is 10.2 Å². The summed E-state index contributed by atoms with van der Waals surface area (Å²) in [5, 5.41) is 18.4. The van der Waals surface area contributed by atoms with Crippen LogP contribution in [-0.2, 0) is 0 Å². The highest BCUT2D eigenvalue weighted by Crippen LogP contribution is 2.21. The summed E-state index contributed by atoms with van der Waals surface area (Å²) in [4.78, 5) is 23.3. The summed E-state index contributed by atoms with van der Waals surface area (Å²) in [6.07, 6.45) is 0. The lowest BCUT2D eigenvalue weighted by Crippen LogP contribution is -2.05. The lowest BCUT2D eigenvalue weighted by Gasteiger charge is -2.06. The third-order valence-corrected chi connectivity index (χ3v) is 2.97. The molecule has 0 atom stereocenters. The molecule has 0 radical (unpaired) electrons. The first-order chi connectivity index (χ1) is 9.38. The molecule has 0 aliphatic heterocycles. The van der Waals surface area contributed by atoms with Crippen LogP contribution < -0.4 is 0 Å². The SMILES string of the molecule is Cc1cc(C)cc(C(=O)c2ccc(O)c(C(=O)O)c2)c1. The van der Waals surface area contributed by atoms with E-state index in [-0.39, 0.29) is 22.7 Å². The number of benzene rings is 2. The number of carboxylic acids is 1. The fourth-order valence-electron chi connectivity index (χ4n) is 2.12. The highest BCUT2D eigenvalue weighted by Gasteiger charge is 2.15. The van der Waals surface area contributed by atoms with Crippen LogP contribution in [0.25, 0.3) is 0 Å². The number of aromatic carboxylic acids is 1. The largest absolute Gasteiger partial charge is 0.507 e. The summed E-state index contributed by atoms with van der Waals surface area (Å²) in [6.45, 7) is 3.78. The van der Waals surface area contributed by atoms with Gasteiger partial charge in [0.1, 0.15) is 11.3 Å². The second kappa shape index (κ2) is 5.17. The number of hydrogen-bond acceptors (Lipinski definition) is 3. The normalized spacial score (nSPS) is 10.3. The monoisotopic (exact) mass is 270 g/mol. The van der Waals surface area contributed by atoms with E-state index < -0.39 is 5.97 Å². The molecule has 0 fully saturated rings. The second-order valence-corrected chi connectivity index (χ2v) is 4.74. The Labute approximate surface area is 116 Å². The second-order valence-electron chi connectivity index (χ2n) is 4.74. The molecule has 0 saturated carbocycles. The van der Waals surface area contributed by atoms with Crippen LogP contribution in [0.2, 0.25) is 0 Å². The molecule has 0 amide bonds. The molecule has 0 bridgehead atoms. The van der Waals surface area contributed by atoms with E-state index in [2.05, 4.69) is 0 Å². The maximum Gasteiger partial charge on any atom is 0.339 e. The first-order valence-corrected chi connectivity index (χ1v) is 6.08. The Bertz CT molecular complexity index is 681. The summed E-state index contributed by atoms with van der Waals surface area (Å²) in [6, 6.07) is 9.29. The molecule has 4 nitrogen and oxygen atoms in total. The lowest BCUT2D eigenvalue weighted by molar-refractivity contribution is 0.0693. The quantitative estimate of drug-likeness (QED) is 0.841. The summed E-state index contributed by atoms with van der Waals surface area (Å²) in [5.41, 5.74) is 2.39. The predicted octanol–water partition coefficient (Wildman–Crippen LogP) is 2.94. The summed E-state index contributed by atoms with van der Waals surface area (Å²) in [5.74, 6) is -1.88. The Morgan fingerprint density at radius 2 is 1.50 bits per heavy atom. The van der Waals surface area contributed by atoms with Crippen molar-refractivity contribution in [2.24, 2.45) is 0 Å². The van der Waals surface area contributed by atoms with Crippen LogP contribution in [0.3, 0.4) is 0 Å². The number of aromatic hydroxyl groups is 1. The van der Waals surface area contributed by atoms with Gasteiger partial charge in [-0.1, -0.05) is 17.2 Å². The Morgan fingerprint density at radius 1 is 0.900 bits per heavy atom. The van der Waals surface area contributed by atoms with Crippen LogP contribution in [-0.4, -0.2) is 22.0 Å². The summed E-state index contributed by atoms with van der Waals surface area (Å²) < 4.78 is 0. The minimum Gasteiger partial charge on any atom is -0.507 e. The minimum atomic E-state index is -1.27. The molecule has 0 saturated heterocycles. The Balaban J connectivity index is 2.48. The average molecular weight is 270 g/mol. The van der Waals surface area contributed by atoms with E-state index in [1.54, 1.807) is 12.1 Å². The van der Waals surface area contributed by atoms with Crippen molar-refractivity contribution in [2.45, 2.75) is 13.8 Å². The Morgan fingerprint density at radius 3 is 2.05 bits per heavy atom. The number of aryl methyl sites for hydroxylation is 2. The molecule has 2 rings (SSSR count). The van der Waals surface area contributed by atoms with E-state index in [4.69, 9.17) is 5.11 Å². The average Bonchev–Trinajstić information content (AvgIpc) is 2.37. The molecular weight excluding hydrogens is 256 g/mol. The van der Waals surface area contributed by atoms with Crippen molar-refractivity contribution in [3.63, 3.8) is 0 Å². The zero-order valence-electron chi connectivity index (χ0n) is 11.2. The Hall–Kier alpha value is -2.62. The van der Waals surface area contributed by atoms with E-state index in [1.165, 1.54) is 18.2 Å². The van der Waals surface area contributed by atoms with Crippen molar-refractivity contribution in [3.05, 3.63) is 64.2 Å². The molecule has 0 heterocycles. The number of carbonyl (C=O) groups excluding carboxylic acids is 1. The standard InChI is InChI=1S/C16H14O4/c1-9-5-10(2)7-12(6-9)15(18)11-3-4-14(17)13(8-11)16(19)20/h3-8,17H,1-2H3,(H,19,20). The molecule has 20 heavy (non-hydrogen) atoms. The summed E-state index contributed by atoms with van der Waals surface area (Å²) in [7, 11) is 0. The van der Waals surface area contributed by atoms with Crippen LogP contribution in [0.4, 0.5) is 0 Å². The van der Waals surface area contributed by atoms with Gasteiger partial charge in [-0.05, 0) is 44.2 Å². The fourth-order valence-corrected chi connectivity index (χ4v) is 2.12. The van der Waals surface area contributed by atoms with E-state index >= 15 is 0 Å². The van der Waals surface area contributed by atoms with Crippen molar-refractivity contribution in [2.75, 3.05) is 0 Å². The molecule has 0 aromatic heterocycles. The van der Waals surface area contributed by atoms with E-state index in [9.17, 15) is 14.7 Å². The van der Waals surface area contributed by atoms with Crippen molar-refractivity contribution in [1.29, 1.82) is 0 Å². The predicted molar refractivity (Wildman–Crippen MR) is 74.4 cm³/mol. The topological polar surface area (TPSA) is 74.6 Å². The van der Waals surface area contributed by atoms with E-state index in [1.807, 2.05) is 19.9 Å². The molecule has 4 heteroatoms. The van der Waals surface area contributed by atoms with Crippen molar-refractivity contribution in [1.82, 2.24) is 0 Å². The molecule has 0 aliphatic carbocycles. The molecule has 2 N–H and O–H groups in total. The zero-order valence-corrected chi connectivity index (χ0v) is 11.2. The molecule has 102 valence electrons. The highest BCUT2D eigenvalue weighted by molar-refractivity contribution is 6.10. The highest BCUT2D eigenvalue weighted by atomic mass is 16.4. The van der Waals surface area contributed by atoms with Gasteiger partial charge in [-0.3, -0.25) is 4.79 Å². The van der Waals surface area contributed by atoms with Gasteiger partial charge in [-0.2, -0.15) is 0 Å².